The van der Waals surface area contributed by atoms with Crippen LogP contribution < -0.4 is 0 Å². The summed E-state index contributed by atoms with van der Waals surface area (Å²) in [5.41, 5.74) is 0.0859. The Morgan fingerprint density at radius 3 is 2.75 bits per heavy atom. The maximum atomic E-state index is 12.0. The Morgan fingerprint density at radius 2 is 2.00 bits per heavy atom. The molecule has 1 N–H and O–H groups in total. The van der Waals surface area contributed by atoms with Crippen LogP contribution in [0.4, 0.5) is 0 Å². The van der Waals surface area contributed by atoms with Crippen molar-refractivity contribution < 1.29 is 9.90 Å². The molecule has 1 fully saturated rings. The Balaban J connectivity index is 2.00. The van der Waals surface area contributed by atoms with Crippen molar-refractivity contribution in [2.24, 2.45) is 0 Å². The van der Waals surface area contributed by atoms with Crippen molar-refractivity contribution in [2.75, 3.05) is 0 Å². The minimum absolute atomic E-state index is 0.0978. The van der Waals surface area contributed by atoms with Crippen molar-refractivity contribution in [2.45, 2.75) is 44.1 Å². The number of allylic oxidation sites excluding steroid dienone is 6. The van der Waals surface area contributed by atoms with Crippen molar-refractivity contribution in [3.8, 4) is 0 Å². The Bertz CT molecular complexity index is 355. The van der Waals surface area contributed by atoms with E-state index in [-0.39, 0.29) is 5.78 Å². The summed E-state index contributed by atoms with van der Waals surface area (Å²) < 4.78 is 0. The summed E-state index contributed by atoms with van der Waals surface area (Å²) in [7, 11) is 0. The number of aliphatic hydroxyl groups is 1. The van der Waals surface area contributed by atoms with Gasteiger partial charge in [-0.25, -0.2) is 0 Å². The lowest BCUT2D eigenvalue weighted by atomic mass is 9.91. The van der Waals surface area contributed by atoms with Gasteiger partial charge in [0.1, 0.15) is 0 Å². The van der Waals surface area contributed by atoms with E-state index >= 15 is 0 Å². The molecule has 0 radical (unpaired) electrons. The van der Waals surface area contributed by atoms with Gasteiger partial charge in [-0.3, -0.25) is 4.79 Å². The third kappa shape index (κ3) is 2.70. The Morgan fingerprint density at radius 1 is 1.25 bits per heavy atom. The minimum Gasteiger partial charge on any atom is -0.389 e. The molecule has 2 nitrogen and oxygen atoms in total. The molecule has 0 atom stereocenters. The first-order valence-corrected chi connectivity index (χ1v) is 5.98. The summed E-state index contributed by atoms with van der Waals surface area (Å²) in [5, 5.41) is 10.2. The zero-order valence-corrected chi connectivity index (χ0v) is 9.48. The standard InChI is InChI=1S/C14H18O2/c15-13(11-14(16)9-5-6-10-14)12-7-3-1-2-4-8-12/h1-4,7,16H,5-6,8-11H2. The average molecular weight is 218 g/mol. The van der Waals surface area contributed by atoms with Crippen LogP contribution in [-0.4, -0.2) is 16.5 Å². The Labute approximate surface area is 96.4 Å². The van der Waals surface area contributed by atoms with E-state index in [9.17, 15) is 9.90 Å². The van der Waals surface area contributed by atoms with Crippen molar-refractivity contribution >= 4 is 5.78 Å². The van der Waals surface area contributed by atoms with Gasteiger partial charge in [0.25, 0.3) is 0 Å². The maximum absolute atomic E-state index is 12.0. The summed E-state index contributed by atoms with van der Waals surface area (Å²) in [6.07, 6.45) is 14.2. The molecular formula is C14H18O2. The SMILES string of the molecule is O=C(CC1(O)CCCC1)C1=CC=CC=CC1. The van der Waals surface area contributed by atoms with Crippen LogP contribution in [0, 0.1) is 0 Å². The van der Waals surface area contributed by atoms with E-state index in [4.69, 9.17) is 0 Å². The minimum atomic E-state index is -0.725. The summed E-state index contributed by atoms with van der Waals surface area (Å²) in [5.74, 6) is 0.0978. The number of ketones is 1. The molecule has 2 rings (SSSR count). The van der Waals surface area contributed by atoms with Crippen LogP contribution in [0.25, 0.3) is 0 Å². The van der Waals surface area contributed by atoms with Crippen LogP contribution >= 0.6 is 0 Å². The van der Waals surface area contributed by atoms with Crippen molar-refractivity contribution in [1.29, 1.82) is 0 Å². The topological polar surface area (TPSA) is 37.3 Å². The van der Waals surface area contributed by atoms with Crippen molar-refractivity contribution in [1.82, 2.24) is 0 Å². The summed E-state index contributed by atoms with van der Waals surface area (Å²) in [6, 6.07) is 0. The first-order chi connectivity index (χ1) is 7.70. The summed E-state index contributed by atoms with van der Waals surface area (Å²) in [4.78, 5) is 12.0. The first kappa shape index (κ1) is 11.3. The highest BCUT2D eigenvalue weighted by Crippen LogP contribution is 2.33. The quantitative estimate of drug-likeness (QED) is 0.790. The fourth-order valence-electron chi connectivity index (χ4n) is 2.41. The molecule has 2 aliphatic carbocycles. The zero-order valence-electron chi connectivity index (χ0n) is 9.48. The molecule has 0 bridgehead atoms. The maximum Gasteiger partial charge on any atom is 0.162 e. The summed E-state index contributed by atoms with van der Waals surface area (Å²) in [6.45, 7) is 0. The van der Waals surface area contributed by atoms with Gasteiger partial charge in [0, 0.05) is 6.42 Å². The number of carbonyl (C=O) groups is 1. The zero-order chi connectivity index (χ0) is 11.4. The normalized spacial score (nSPS) is 22.9. The Kier molecular flexibility index (Phi) is 3.39. The lowest BCUT2D eigenvalue weighted by molar-refractivity contribution is -0.120. The second kappa shape index (κ2) is 4.79. The van der Waals surface area contributed by atoms with Gasteiger partial charge < -0.3 is 5.11 Å². The van der Waals surface area contributed by atoms with Crippen LogP contribution in [0.5, 0.6) is 0 Å². The predicted molar refractivity (Wildman–Crippen MR) is 64.0 cm³/mol. The van der Waals surface area contributed by atoms with Crippen LogP contribution in [0.1, 0.15) is 38.5 Å². The lowest BCUT2D eigenvalue weighted by Crippen LogP contribution is -2.28. The molecule has 0 spiro atoms. The van der Waals surface area contributed by atoms with Gasteiger partial charge in [0.2, 0.25) is 0 Å². The smallest absolute Gasteiger partial charge is 0.162 e. The highest BCUT2D eigenvalue weighted by atomic mass is 16.3. The molecule has 1 saturated carbocycles. The average Bonchev–Trinajstić information content (AvgIpc) is 2.56. The monoisotopic (exact) mass is 218 g/mol. The molecule has 0 aliphatic heterocycles. The molecule has 86 valence electrons. The van der Waals surface area contributed by atoms with Crippen LogP contribution in [0.15, 0.2) is 36.0 Å². The third-order valence-electron chi connectivity index (χ3n) is 3.38. The van der Waals surface area contributed by atoms with Gasteiger partial charge in [0.15, 0.2) is 5.78 Å². The van der Waals surface area contributed by atoms with Gasteiger partial charge in [-0.15, -0.1) is 0 Å². The molecule has 16 heavy (non-hydrogen) atoms. The molecule has 0 amide bonds. The van der Waals surface area contributed by atoms with Crippen LogP contribution in [0.2, 0.25) is 0 Å². The molecule has 2 aliphatic rings. The molecular weight excluding hydrogens is 200 g/mol. The molecule has 0 aromatic carbocycles. The van der Waals surface area contributed by atoms with Crippen LogP contribution in [0.3, 0.4) is 0 Å². The number of hydrogen-bond donors (Lipinski definition) is 1. The second-order valence-corrected chi connectivity index (χ2v) is 4.74. The third-order valence-corrected chi connectivity index (χ3v) is 3.38. The predicted octanol–water partition coefficient (Wildman–Crippen LogP) is 2.69. The first-order valence-electron chi connectivity index (χ1n) is 5.98. The molecule has 0 heterocycles. The molecule has 0 saturated heterocycles. The van der Waals surface area contributed by atoms with Crippen molar-refractivity contribution in [3.63, 3.8) is 0 Å². The fourth-order valence-corrected chi connectivity index (χ4v) is 2.41. The van der Waals surface area contributed by atoms with E-state index in [2.05, 4.69) is 0 Å². The lowest BCUT2D eigenvalue weighted by Gasteiger charge is -2.21. The molecule has 2 heteroatoms. The number of hydrogen-bond acceptors (Lipinski definition) is 2. The van der Waals surface area contributed by atoms with E-state index in [1.54, 1.807) is 0 Å². The van der Waals surface area contributed by atoms with Gasteiger partial charge >= 0.3 is 0 Å². The highest BCUT2D eigenvalue weighted by Gasteiger charge is 2.33. The molecule has 0 aromatic rings. The van der Waals surface area contributed by atoms with Crippen LogP contribution in [-0.2, 0) is 4.79 Å². The largest absolute Gasteiger partial charge is 0.389 e. The number of Topliss-reactive ketones (excluding diaryl/α,β-unsaturated/α-hetero) is 1. The van der Waals surface area contributed by atoms with Gasteiger partial charge in [-0.2, -0.15) is 0 Å². The molecule has 0 aromatic heterocycles. The van der Waals surface area contributed by atoms with Crippen molar-refractivity contribution in [3.05, 3.63) is 36.0 Å². The van der Waals surface area contributed by atoms with Gasteiger partial charge in [0.05, 0.1) is 5.60 Å². The highest BCUT2D eigenvalue weighted by molar-refractivity contribution is 5.96. The van der Waals surface area contributed by atoms with E-state index < -0.39 is 5.60 Å². The Hall–Kier alpha value is -1.15. The number of carbonyl (C=O) groups excluding carboxylic acids is 1. The molecule has 0 unspecified atom stereocenters. The van der Waals surface area contributed by atoms with Gasteiger partial charge in [-0.1, -0.05) is 43.2 Å². The van der Waals surface area contributed by atoms with E-state index in [1.807, 2.05) is 30.4 Å². The van der Waals surface area contributed by atoms with E-state index in [1.165, 1.54) is 0 Å². The summed E-state index contributed by atoms with van der Waals surface area (Å²) >= 11 is 0. The number of rotatable bonds is 3. The van der Waals surface area contributed by atoms with Gasteiger partial charge in [-0.05, 0) is 24.8 Å². The second-order valence-electron chi connectivity index (χ2n) is 4.74. The fraction of sp³-hybridized carbons (Fsp3) is 0.500. The van der Waals surface area contributed by atoms with E-state index in [0.29, 0.717) is 12.8 Å². The van der Waals surface area contributed by atoms with E-state index in [0.717, 1.165) is 31.3 Å².